The summed E-state index contributed by atoms with van der Waals surface area (Å²) in [5.74, 6) is 0.0300. The Bertz CT molecular complexity index is 849. The topological polar surface area (TPSA) is 152 Å². The van der Waals surface area contributed by atoms with E-state index < -0.39 is 36.0 Å². The van der Waals surface area contributed by atoms with E-state index in [9.17, 15) is 23.5 Å². The average Bonchev–Trinajstić information content (AvgIpc) is 2.86. The van der Waals surface area contributed by atoms with E-state index in [-0.39, 0.29) is 12.1 Å². The Balaban J connectivity index is 1.96. The van der Waals surface area contributed by atoms with Crippen molar-refractivity contribution in [2.24, 2.45) is 5.92 Å². The van der Waals surface area contributed by atoms with Gasteiger partial charge in [-0.25, -0.2) is 13.4 Å². The molecule has 0 radical (unpaired) electrons. The Morgan fingerprint density at radius 3 is 2.41 bits per heavy atom. The fourth-order valence-electron chi connectivity index (χ4n) is 3.02. The van der Waals surface area contributed by atoms with Crippen LogP contribution in [0, 0.1) is 5.92 Å². The minimum absolute atomic E-state index is 0.0300. The first kappa shape index (κ1) is 24.7. The molecule has 2 heterocycles. The number of nitrogens with zero attached hydrogens (tertiary/aromatic N) is 1. The van der Waals surface area contributed by atoms with Crippen molar-refractivity contribution in [3.05, 3.63) is 36.2 Å². The molecule has 0 bridgehead atoms. The van der Waals surface area contributed by atoms with E-state index in [1.807, 2.05) is 24.9 Å². The smallest absolute Gasteiger partial charge is 0.352 e. The summed E-state index contributed by atoms with van der Waals surface area (Å²) in [4.78, 5) is 29.8. The predicted molar refractivity (Wildman–Crippen MR) is 104 cm³/mol. The van der Waals surface area contributed by atoms with Crippen LogP contribution in [-0.2, 0) is 31.6 Å². The normalized spacial score (nSPS) is 31.7. The highest BCUT2D eigenvalue weighted by atomic mass is 31.3. The van der Waals surface area contributed by atoms with Crippen LogP contribution in [-0.4, -0.2) is 45.2 Å². The highest BCUT2D eigenvalue weighted by Crippen LogP contribution is 2.66. The van der Waals surface area contributed by atoms with Crippen LogP contribution in [0.4, 0.5) is 0 Å². The summed E-state index contributed by atoms with van der Waals surface area (Å²) >= 11 is 0. The van der Waals surface area contributed by atoms with Gasteiger partial charge in [0.05, 0.1) is 12.7 Å². The molecule has 3 N–H and O–H groups in total. The number of phosphoric ester groups is 1. The fourth-order valence-corrected chi connectivity index (χ4v) is 6.53. The summed E-state index contributed by atoms with van der Waals surface area (Å²) in [5, 5.41) is 0. The van der Waals surface area contributed by atoms with Crippen molar-refractivity contribution in [2.75, 3.05) is 13.3 Å². The Labute approximate surface area is 169 Å². The molecule has 2 aliphatic heterocycles. The molecule has 11 nitrogen and oxygen atoms in total. The number of allylic oxidation sites excluding steroid dienone is 2. The van der Waals surface area contributed by atoms with Crippen molar-refractivity contribution >= 4 is 23.2 Å². The summed E-state index contributed by atoms with van der Waals surface area (Å²) in [6.07, 6.45) is 2.01. The van der Waals surface area contributed by atoms with Crippen molar-refractivity contribution < 1.29 is 46.3 Å². The summed E-state index contributed by atoms with van der Waals surface area (Å²) in [6, 6.07) is 0. The third-order valence-corrected chi connectivity index (χ3v) is 8.45. The van der Waals surface area contributed by atoms with Crippen molar-refractivity contribution in [1.29, 1.82) is 0 Å². The molecule has 1 fully saturated rings. The highest BCUT2D eigenvalue weighted by molar-refractivity contribution is 7.68. The van der Waals surface area contributed by atoms with E-state index in [4.69, 9.17) is 14.2 Å². The van der Waals surface area contributed by atoms with E-state index in [1.54, 1.807) is 0 Å². The third-order valence-electron chi connectivity index (χ3n) is 4.29. The zero-order valence-corrected chi connectivity index (χ0v) is 19.0. The van der Waals surface area contributed by atoms with Gasteiger partial charge in [0, 0.05) is 30.9 Å². The summed E-state index contributed by atoms with van der Waals surface area (Å²) in [6.45, 7) is 12.1. The van der Waals surface area contributed by atoms with Crippen molar-refractivity contribution in [1.82, 2.24) is 4.90 Å². The first-order chi connectivity index (χ1) is 13.1. The third kappa shape index (κ3) is 7.26. The van der Waals surface area contributed by atoms with Crippen LogP contribution < -0.4 is 0 Å². The van der Waals surface area contributed by atoms with Crippen LogP contribution in [0.5, 0.6) is 0 Å². The fraction of sp³-hybridized carbons (Fsp3) is 0.600. The molecule has 6 unspecified atom stereocenters. The SMILES string of the molecule is C=C1CC(=C)N(C2OC(COP(=O)(O)OP(=O)(O)OP(C)(=O)O)CC2C)C=C1C. The zero-order valence-electron chi connectivity index (χ0n) is 16.3. The second kappa shape index (κ2) is 8.89. The molecule has 0 saturated carbocycles. The van der Waals surface area contributed by atoms with Gasteiger partial charge in [0.15, 0.2) is 0 Å². The van der Waals surface area contributed by atoms with Crippen LogP contribution in [0.15, 0.2) is 36.2 Å². The molecule has 0 spiro atoms. The van der Waals surface area contributed by atoms with Crippen LogP contribution in [0.1, 0.15) is 26.7 Å². The number of rotatable bonds is 8. The Morgan fingerprint density at radius 2 is 1.83 bits per heavy atom. The first-order valence-corrected chi connectivity index (χ1v) is 13.6. The quantitative estimate of drug-likeness (QED) is 0.444. The van der Waals surface area contributed by atoms with Gasteiger partial charge in [0.2, 0.25) is 0 Å². The van der Waals surface area contributed by atoms with Crippen LogP contribution in [0.2, 0.25) is 0 Å². The number of hydrogen-bond acceptors (Lipinski definition) is 8. The van der Waals surface area contributed by atoms with Gasteiger partial charge in [0.25, 0.3) is 0 Å². The minimum Gasteiger partial charge on any atom is -0.352 e. The van der Waals surface area contributed by atoms with E-state index >= 15 is 0 Å². The number of hydrogen-bond donors (Lipinski definition) is 3. The Kier molecular flexibility index (Phi) is 7.57. The molecule has 0 aliphatic carbocycles. The lowest BCUT2D eigenvalue weighted by Gasteiger charge is -2.35. The average molecular weight is 473 g/mol. The summed E-state index contributed by atoms with van der Waals surface area (Å²) in [7, 11) is -14.8. The van der Waals surface area contributed by atoms with Gasteiger partial charge in [-0.05, 0) is 24.5 Å². The van der Waals surface area contributed by atoms with Gasteiger partial charge in [-0.1, -0.05) is 20.1 Å². The highest BCUT2D eigenvalue weighted by Gasteiger charge is 2.42. The molecule has 0 aromatic heterocycles. The summed E-state index contributed by atoms with van der Waals surface area (Å²) in [5.41, 5.74) is 2.77. The minimum atomic E-state index is -5.29. The molecule has 6 atom stereocenters. The maximum atomic E-state index is 11.9. The predicted octanol–water partition coefficient (Wildman–Crippen LogP) is 3.48. The van der Waals surface area contributed by atoms with Crippen molar-refractivity contribution in [2.45, 2.75) is 39.0 Å². The molecular formula is C15H26NO10P3. The molecule has 166 valence electrons. The maximum absolute atomic E-state index is 11.9. The standard InChI is InChI=1S/C15H26NO10P3/c1-10-6-13(4)16(8-12(10)3)15-11(2)7-14(24-15)9-23-28(19,20)26-29(21,22)25-27(5,17)18/h8,11,14-15H,1,4,6-7,9H2,2-3,5H3,(H,17,18)(H,19,20)(H,21,22). The molecule has 0 aromatic rings. The number of phosphoric acid groups is 2. The van der Waals surface area contributed by atoms with Gasteiger partial charge in [0.1, 0.15) is 6.23 Å². The Morgan fingerprint density at radius 1 is 1.21 bits per heavy atom. The maximum Gasteiger partial charge on any atom is 0.488 e. The van der Waals surface area contributed by atoms with Crippen LogP contribution >= 0.6 is 23.2 Å². The molecular weight excluding hydrogens is 447 g/mol. The molecule has 29 heavy (non-hydrogen) atoms. The van der Waals surface area contributed by atoms with Crippen LogP contribution in [0.3, 0.4) is 0 Å². The van der Waals surface area contributed by atoms with E-state index in [0.29, 0.717) is 19.5 Å². The molecule has 0 aromatic carbocycles. The lowest BCUT2D eigenvalue weighted by atomic mass is 9.98. The van der Waals surface area contributed by atoms with E-state index in [1.165, 1.54) is 0 Å². The molecule has 0 amide bonds. The molecule has 2 rings (SSSR count). The van der Waals surface area contributed by atoms with Gasteiger partial charge in [-0.15, -0.1) is 0 Å². The van der Waals surface area contributed by atoms with E-state index in [0.717, 1.165) is 16.8 Å². The lowest BCUT2D eigenvalue weighted by Crippen LogP contribution is -2.36. The first-order valence-electron chi connectivity index (χ1n) is 8.60. The lowest BCUT2D eigenvalue weighted by molar-refractivity contribution is -0.0497. The summed E-state index contributed by atoms with van der Waals surface area (Å²) < 4.78 is 53.0. The van der Waals surface area contributed by atoms with Gasteiger partial charge < -0.3 is 24.3 Å². The zero-order chi connectivity index (χ0) is 22.2. The largest absolute Gasteiger partial charge is 0.488 e. The second-order valence-electron chi connectivity index (χ2n) is 7.13. The Hall–Kier alpha value is -0.570. The molecule has 14 heteroatoms. The van der Waals surface area contributed by atoms with Gasteiger partial charge >= 0.3 is 23.2 Å². The number of ether oxygens (including phenoxy) is 1. The molecule has 2 aliphatic rings. The monoisotopic (exact) mass is 473 g/mol. The molecule has 1 saturated heterocycles. The van der Waals surface area contributed by atoms with Crippen molar-refractivity contribution in [3.63, 3.8) is 0 Å². The van der Waals surface area contributed by atoms with Crippen molar-refractivity contribution in [3.8, 4) is 0 Å². The van der Waals surface area contributed by atoms with Gasteiger partial charge in [-0.2, -0.15) is 4.31 Å². The van der Waals surface area contributed by atoms with E-state index in [2.05, 4.69) is 21.8 Å². The second-order valence-corrected chi connectivity index (χ2v) is 12.2. The van der Waals surface area contributed by atoms with Gasteiger partial charge in [-0.3, -0.25) is 9.09 Å². The van der Waals surface area contributed by atoms with Crippen LogP contribution in [0.25, 0.3) is 0 Å².